The van der Waals surface area contributed by atoms with Crippen LogP contribution < -0.4 is 10.6 Å². The van der Waals surface area contributed by atoms with Gasteiger partial charge in [0.1, 0.15) is 0 Å². The summed E-state index contributed by atoms with van der Waals surface area (Å²) in [4.78, 5) is 24.8. The maximum absolute atomic E-state index is 4.28. The zero-order valence-corrected chi connectivity index (χ0v) is 51.9. The molecule has 0 amide bonds. The standard InChI is InChI=1S/C9H10.C9H8.2C8H9N.2C8H7N.C7H6N2.C7H9NS.C6H8N2.C6H7NS.8CH4/c2*1-2-5-9-7-3-6-8(9)4-1;4*1-2-4-8-7(3-1)5-6-9-8;2*1-2-4-7-6(3-1)8-5-9-7;1-2-6-3-4-7-8(6)5-1;1-2-5-6(3-1)8-4-7-5;;;;;;;;/h1-2,4-5H,3,6-7H2;1-6H,7H2;2*1-4,9H,5-6H2;2*1-6,9H;1-5H,(H,8,9);5H,1-4H2;3-4H,1-2,5H2;4H,1-3H2;8*1H4. The Labute approximate surface area is 585 Å². The number of anilines is 2. The second-order valence-electron chi connectivity index (χ2n) is 22.3. The summed E-state index contributed by atoms with van der Waals surface area (Å²) in [5.74, 6) is 0. The summed E-state index contributed by atoms with van der Waals surface area (Å²) < 4.78 is 2.07. The fraction of sp³-hybridized carbons (Fsp3) is 0.310. The van der Waals surface area contributed by atoms with E-state index in [0.717, 1.165) is 37.1 Å². The van der Waals surface area contributed by atoms with Gasteiger partial charge in [0.2, 0.25) is 0 Å². The van der Waals surface area contributed by atoms with Gasteiger partial charge in [0, 0.05) is 76.1 Å². The molecule has 0 spiro atoms. The second kappa shape index (κ2) is 43.8. The van der Waals surface area contributed by atoms with Crippen LogP contribution in [0, 0.1) is 0 Å². The molecule has 5 N–H and O–H groups in total. The molecule has 96 heavy (non-hydrogen) atoms. The van der Waals surface area contributed by atoms with Crippen LogP contribution in [0.25, 0.3) is 38.9 Å². The average Bonchev–Trinajstić information content (AvgIpc) is 2.29. The molecular formula is C84H112N10S2. The molecule has 10 nitrogen and oxygen atoms in total. The molecule has 0 saturated heterocycles. The summed E-state index contributed by atoms with van der Waals surface area (Å²) in [5, 5.41) is 13.3. The van der Waals surface area contributed by atoms with Crippen LogP contribution in [0.5, 0.6) is 0 Å². The van der Waals surface area contributed by atoms with Crippen molar-refractivity contribution in [3.05, 3.63) is 290 Å². The van der Waals surface area contributed by atoms with E-state index in [1.807, 2.05) is 89.5 Å². The minimum atomic E-state index is 0. The van der Waals surface area contributed by atoms with Crippen molar-refractivity contribution in [2.24, 2.45) is 0 Å². The first-order valence-electron chi connectivity index (χ1n) is 31.4. The molecule has 6 aromatic heterocycles. The minimum Gasteiger partial charge on any atom is -0.384 e. The van der Waals surface area contributed by atoms with Crippen molar-refractivity contribution in [2.75, 3.05) is 23.7 Å². The minimum absolute atomic E-state index is 0. The summed E-state index contributed by atoms with van der Waals surface area (Å²) in [6.07, 6.45) is 30.9. The van der Waals surface area contributed by atoms with E-state index in [1.54, 1.807) is 28.8 Å². The Morgan fingerprint density at radius 1 is 0.375 bits per heavy atom. The number of benzene rings is 7. The molecule has 0 unspecified atom stereocenters. The number of nitrogens with zero attached hydrogens (tertiary/aromatic N) is 5. The predicted octanol–water partition coefficient (Wildman–Crippen LogP) is 23.2. The lowest BCUT2D eigenvalue weighted by Crippen LogP contribution is -1.98. The number of hydrogen-bond acceptors (Lipinski definition) is 8. The van der Waals surface area contributed by atoms with Crippen LogP contribution in [0.2, 0.25) is 0 Å². The van der Waals surface area contributed by atoms with Crippen molar-refractivity contribution in [1.82, 2.24) is 39.7 Å². The van der Waals surface area contributed by atoms with Crippen LogP contribution in [0.15, 0.2) is 230 Å². The van der Waals surface area contributed by atoms with Crippen molar-refractivity contribution in [3.63, 3.8) is 0 Å². The normalized spacial score (nSPS) is 12.8. The number of rotatable bonds is 0. The van der Waals surface area contributed by atoms with Crippen molar-refractivity contribution >= 4 is 73.0 Å². The van der Waals surface area contributed by atoms with Gasteiger partial charge in [-0.3, -0.25) is 4.68 Å². The maximum Gasteiger partial charge on any atom is 0.0931 e. The van der Waals surface area contributed by atoms with Crippen LogP contribution in [-0.2, 0) is 70.8 Å². The van der Waals surface area contributed by atoms with Gasteiger partial charge in [-0.05, 0) is 195 Å². The molecule has 7 aromatic carbocycles. The molecule has 13 aromatic rings. The van der Waals surface area contributed by atoms with E-state index >= 15 is 0 Å². The van der Waals surface area contributed by atoms with Gasteiger partial charge in [-0.2, -0.15) is 5.10 Å². The van der Waals surface area contributed by atoms with Gasteiger partial charge in [0.05, 0.1) is 39.8 Å². The first-order chi connectivity index (χ1) is 43.7. The van der Waals surface area contributed by atoms with E-state index in [-0.39, 0.29) is 59.4 Å². The Bertz CT molecular complexity index is 3650. The van der Waals surface area contributed by atoms with Gasteiger partial charge < -0.3 is 25.6 Å². The molecule has 4 aliphatic carbocycles. The van der Waals surface area contributed by atoms with Crippen LogP contribution in [0.1, 0.15) is 152 Å². The van der Waals surface area contributed by atoms with E-state index in [4.69, 9.17) is 0 Å². The Hall–Kier alpha value is -9.10. The summed E-state index contributed by atoms with van der Waals surface area (Å²) in [5.41, 5.74) is 24.1. The van der Waals surface area contributed by atoms with Crippen LogP contribution in [0.3, 0.4) is 0 Å². The number of para-hydroxylation sites is 6. The summed E-state index contributed by atoms with van der Waals surface area (Å²) >= 11 is 3.62. The quantitative estimate of drug-likeness (QED) is 0.103. The van der Waals surface area contributed by atoms with Crippen molar-refractivity contribution in [3.8, 4) is 0 Å². The summed E-state index contributed by atoms with van der Waals surface area (Å²) in [6.45, 7) is 3.35. The maximum atomic E-state index is 4.28. The molecule has 7 aliphatic rings. The fourth-order valence-electron chi connectivity index (χ4n) is 11.6. The van der Waals surface area contributed by atoms with Gasteiger partial charge in [0.15, 0.2) is 0 Å². The van der Waals surface area contributed by atoms with Gasteiger partial charge in [-0.25, -0.2) is 15.0 Å². The second-order valence-corrected chi connectivity index (χ2v) is 24.2. The third kappa shape index (κ3) is 23.7. The number of hydrogen-bond donors (Lipinski definition) is 5. The molecular weight excluding hydrogens is 1210 g/mol. The molecule has 0 fully saturated rings. The highest BCUT2D eigenvalue weighted by Crippen LogP contribution is 2.26. The van der Waals surface area contributed by atoms with Gasteiger partial charge in [0.25, 0.3) is 0 Å². The molecule has 510 valence electrons. The zero-order chi connectivity index (χ0) is 59.6. The highest BCUT2D eigenvalue weighted by Gasteiger charge is 2.13. The monoisotopic (exact) mass is 1320 g/mol. The molecule has 9 heterocycles. The van der Waals surface area contributed by atoms with Crippen LogP contribution in [0.4, 0.5) is 11.4 Å². The lowest BCUT2D eigenvalue weighted by Gasteiger charge is -2.06. The first-order valence-corrected chi connectivity index (χ1v) is 33.1. The fourth-order valence-corrected chi connectivity index (χ4v) is 13.4. The highest BCUT2D eigenvalue weighted by atomic mass is 32.1. The van der Waals surface area contributed by atoms with Gasteiger partial charge >= 0.3 is 0 Å². The molecule has 20 rings (SSSR count). The molecule has 0 atom stereocenters. The largest absolute Gasteiger partial charge is 0.384 e. The van der Waals surface area contributed by atoms with E-state index < -0.39 is 0 Å². The number of fused-ring (bicyclic) bond motifs is 10. The number of aryl methyl sites for hydroxylation is 8. The van der Waals surface area contributed by atoms with E-state index in [1.165, 1.54) is 172 Å². The zero-order valence-electron chi connectivity index (χ0n) is 50.3. The Balaban J connectivity index is 0.000000275. The number of aromatic nitrogens is 8. The topological polar surface area (TPSA) is 128 Å². The number of H-pyrrole nitrogens is 3. The van der Waals surface area contributed by atoms with E-state index in [2.05, 4.69) is 202 Å². The number of aromatic amines is 3. The lowest BCUT2D eigenvalue weighted by atomic mass is 10.0. The third-order valence-corrected chi connectivity index (χ3v) is 18.2. The lowest BCUT2D eigenvalue weighted by molar-refractivity contribution is 0.656. The first kappa shape index (κ1) is 81.1. The van der Waals surface area contributed by atoms with Gasteiger partial charge in [-0.15, -0.1) is 22.7 Å². The number of thiazole rings is 2. The predicted molar refractivity (Wildman–Crippen MR) is 425 cm³/mol. The Kier molecular flexibility index (Phi) is 37.0. The Morgan fingerprint density at radius 3 is 1.40 bits per heavy atom. The molecule has 0 bridgehead atoms. The summed E-state index contributed by atoms with van der Waals surface area (Å²) in [6, 6.07) is 64.7. The molecule has 3 aliphatic heterocycles. The SMILES string of the molecule is C.C.C.C.C.C.C.C.C1=Cc2ccccc2C1.c1cc2n(n1)CCC2.c1ccc2[nH]ccc2c1.c1ccc2[nH]ccc2c1.c1ccc2[nH]cnc2c1.c1ccc2c(c1)CCC2.c1ccc2c(c1)CCN2.c1ccc2c(c1)CCN2.c1nc2c(s1)CCC2.c1nc2c(s1)CCCC2. The smallest absolute Gasteiger partial charge is 0.0931 e. The average molecular weight is 1330 g/mol. The van der Waals surface area contributed by atoms with Crippen molar-refractivity contribution in [1.29, 1.82) is 0 Å². The van der Waals surface area contributed by atoms with Crippen LogP contribution >= 0.6 is 22.7 Å². The van der Waals surface area contributed by atoms with Crippen molar-refractivity contribution in [2.45, 2.75) is 162 Å². The van der Waals surface area contributed by atoms with Crippen molar-refractivity contribution < 1.29 is 0 Å². The molecule has 12 heteroatoms. The van der Waals surface area contributed by atoms with E-state index in [9.17, 15) is 0 Å². The highest BCUT2D eigenvalue weighted by molar-refractivity contribution is 7.10. The Morgan fingerprint density at radius 2 is 0.854 bits per heavy atom. The number of allylic oxidation sites excluding steroid dienone is 1. The molecule has 0 saturated carbocycles. The third-order valence-electron chi connectivity index (χ3n) is 16.4. The van der Waals surface area contributed by atoms with Crippen LogP contribution in [-0.4, -0.2) is 52.8 Å². The molecule has 0 radical (unpaired) electrons. The van der Waals surface area contributed by atoms with E-state index in [0.29, 0.717) is 0 Å². The van der Waals surface area contributed by atoms with Gasteiger partial charge in [-0.1, -0.05) is 205 Å². The number of nitrogens with one attached hydrogen (secondary N) is 5. The summed E-state index contributed by atoms with van der Waals surface area (Å²) in [7, 11) is 0. The number of imidazole rings is 1.